The highest BCUT2D eigenvalue weighted by atomic mass is 32.2. The van der Waals surface area contributed by atoms with Crippen molar-refractivity contribution in [2.75, 3.05) is 33.3 Å². The number of ether oxygens (including phenoxy) is 1. The van der Waals surface area contributed by atoms with Crippen LogP contribution in [0.2, 0.25) is 0 Å². The summed E-state index contributed by atoms with van der Waals surface area (Å²) >= 11 is 0. The second-order valence-corrected chi connectivity index (χ2v) is 11.2. The van der Waals surface area contributed by atoms with E-state index in [1.54, 1.807) is 22.7 Å². The number of carbonyl (C=O) groups is 1. The highest BCUT2D eigenvalue weighted by Gasteiger charge is 2.32. The molecule has 0 bridgehead atoms. The van der Waals surface area contributed by atoms with Gasteiger partial charge >= 0.3 is 0 Å². The molecule has 4 heterocycles. The van der Waals surface area contributed by atoms with Gasteiger partial charge in [0.2, 0.25) is 10.0 Å². The van der Waals surface area contributed by atoms with Gasteiger partial charge in [-0.2, -0.15) is 9.40 Å². The molecule has 0 saturated carbocycles. The van der Waals surface area contributed by atoms with Crippen LogP contribution in [0.1, 0.15) is 54.0 Å². The number of fused-ring (bicyclic) bond motifs is 1. The number of piperidine rings is 1. The van der Waals surface area contributed by atoms with Crippen molar-refractivity contribution in [3.8, 4) is 16.9 Å². The van der Waals surface area contributed by atoms with Gasteiger partial charge in [0.15, 0.2) is 11.3 Å². The number of sulfonamides is 1. The topological polar surface area (TPSA) is 97.1 Å². The molecule has 9 nitrogen and oxygen atoms in total. The van der Waals surface area contributed by atoms with Crippen molar-refractivity contribution in [3.05, 3.63) is 41.3 Å². The third-order valence-electron chi connectivity index (χ3n) is 6.88. The van der Waals surface area contributed by atoms with Crippen LogP contribution in [0.5, 0.6) is 5.75 Å². The van der Waals surface area contributed by atoms with Gasteiger partial charge in [0.05, 0.1) is 12.7 Å². The van der Waals surface area contributed by atoms with E-state index in [2.05, 4.69) is 5.10 Å². The molecule has 0 aliphatic carbocycles. The smallest absolute Gasteiger partial charge is 0.275 e. The maximum absolute atomic E-state index is 13.6. The second-order valence-electron chi connectivity index (χ2n) is 9.33. The van der Waals surface area contributed by atoms with Crippen LogP contribution in [-0.4, -0.2) is 71.4 Å². The average molecular weight is 498 g/mol. The van der Waals surface area contributed by atoms with E-state index in [9.17, 15) is 13.2 Å². The van der Waals surface area contributed by atoms with E-state index in [-0.39, 0.29) is 16.6 Å². The predicted octanol–water partition coefficient (Wildman–Crippen LogP) is 3.43. The molecule has 5 rings (SSSR count). The monoisotopic (exact) mass is 497 g/mol. The van der Waals surface area contributed by atoms with Gasteiger partial charge in [0.1, 0.15) is 10.6 Å². The SMILES string of the molecule is COc1ccc(-c2c(C(=O)N3CCCC3)nn3c(C)cc(C)nc23)cc1S(=O)(=O)N1CCCCC1. The Kier molecular flexibility index (Phi) is 6.27. The molecule has 2 fully saturated rings. The van der Waals surface area contributed by atoms with E-state index < -0.39 is 10.0 Å². The van der Waals surface area contributed by atoms with E-state index in [0.29, 0.717) is 48.6 Å². The van der Waals surface area contributed by atoms with Gasteiger partial charge in [-0.25, -0.2) is 17.9 Å². The van der Waals surface area contributed by atoms with Crippen molar-refractivity contribution in [2.45, 2.75) is 50.8 Å². The normalized spacial score (nSPS) is 17.3. The number of aryl methyl sites for hydroxylation is 2. The predicted molar refractivity (Wildman–Crippen MR) is 132 cm³/mol. The minimum Gasteiger partial charge on any atom is -0.495 e. The fourth-order valence-corrected chi connectivity index (χ4v) is 6.78. The van der Waals surface area contributed by atoms with Gasteiger partial charge in [-0.1, -0.05) is 12.5 Å². The molecule has 0 unspecified atom stereocenters. The fourth-order valence-electron chi connectivity index (χ4n) is 5.08. The molecule has 0 radical (unpaired) electrons. The van der Waals surface area contributed by atoms with E-state index in [1.807, 2.05) is 24.8 Å². The summed E-state index contributed by atoms with van der Waals surface area (Å²) in [6.45, 7) is 6.18. The molecule has 0 spiro atoms. The molecule has 2 saturated heterocycles. The number of carbonyl (C=O) groups excluding carboxylic acids is 1. The zero-order chi connectivity index (χ0) is 24.7. The molecule has 2 aliphatic rings. The lowest BCUT2D eigenvalue weighted by atomic mass is 10.0. The summed E-state index contributed by atoms with van der Waals surface area (Å²) in [5, 5.41) is 4.67. The lowest BCUT2D eigenvalue weighted by Crippen LogP contribution is -2.35. The van der Waals surface area contributed by atoms with Crippen LogP contribution in [0, 0.1) is 13.8 Å². The van der Waals surface area contributed by atoms with E-state index in [0.717, 1.165) is 43.5 Å². The van der Waals surface area contributed by atoms with Crippen molar-refractivity contribution in [1.82, 2.24) is 23.8 Å². The zero-order valence-electron chi connectivity index (χ0n) is 20.5. The van der Waals surface area contributed by atoms with Gasteiger partial charge < -0.3 is 9.64 Å². The van der Waals surface area contributed by atoms with Crippen LogP contribution in [0.15, 0.2) is 29.2 Å². The van der Waals surface area contributed by atoms with Crippen LogP contribution in [0.3, 0.4) is 0 Å². The first-order valence-corrected chi connectivity index (χ1v) is 13.6. The van der Waals surface area contributed by atoms with Crippen molar-refractivity contribution in [1.29, 1.82) is 0 Å². The summed E-state index contributed by atoms with van der Waals surface area (Å²) in [5.41, 5.74) is 3.61. The molecule has 186 valence electrons. The Hall–Kier alpha value is -2.98. The van der Waals surface area contributed by atoms with Gasteiger partial charge in [-0.15, -0.1) is 0 Å². The van der Waals surface area contributed by atoms with E-state index in [4.69, 9.17) is 9.72 Å². The summed E-state index contributed by atoms with van der Waals surface area (Å²) in [6.07, 6.45) is 4.63. The van der Waals surface area contributed by atoms with Crippen molar-refractivity contribution in [2.24, 2.45) is 0 Å². The molecular formula is C25H31N5O4S. The Morgan fingerprint density at radius 1 is 0.971 bits per heavy atom. The quantitative estimate of drug-likeness (QED) is 0.536. The Labute approximate surface area is 205 Å². The first kappa shape index (κ1) is 23.7. The fraction of sp³-hybridized carbons (Fsp3) is 0.480. The van der Waals surface area contributed by atoms with E-state index >= 15 is 0 Å². The molecule has 10 heteroatoms. The number of amides is 1. The number of likely N-dealkylation sites (tertiary alicyclic amines) is 1. The van der Waals surface area contributed by atoms with Crippen LogP contribution >= 0.6 is 0 Å². The molecule has 2 aromatic heterocycles. The Balaban J connectivity index is 1.72. The summed E-state index contributed by atoms with van der Waals surface area (Å²) in [7, 11) is -2.30. The van der Waals surface area contributed by atoms with Gasteiger partial charge in [-0.3, -0.25) is 4.79 Å². The molecular weight excluding hydrogens is 466 g/mol. The first-order valence-electron chi connectivity index (χ1n) is 12.2. The molecule has 1 amide bonds. The average Bonchev–Trinajstić information content (AvgIpc) is 3.52. The molecule has 0 atom stereocenters. The summed E-state index contributed by atoms with van der Waals surface area (Å²) in [6, 6.07) is 6.96. The number of rotatable bonds is 5. The Morgan fingerprint density at radius 2 is 1.66 bits per heavy atom. The standard InChI is InChI=1S/C25H31N5O4S/c1-17-15-18(2)30-24(26-17)22(23(27-30)25(31)28-11-7-8-12-28)19-9-10-20(34-3)21(16-19)35(32,33)29-13-5-4-6-14-29/h9-10,15-16H,4-8,11-14H2,1-3H3. The highest BCUT2D eigenvalue weighted by molar-refractivity contribution is 7.89. The number of nitrogens with zero attached hydrogens (tertiary/aromatic N) is 5. The maximum Gasteiger partial charge on any atom is 0.275 e. The second kappa shape index (κ2) is 9.23. The largest absolute Gasteiger partial charge is 0.495 e. The van der Waals surface area contributed by atoms with E-state index in [1.165, 1.54) is 11.4 Å². The first-order chi connectivity index (χ1) is 16.8. The number of methoxy groups -OCH3 is 1. The van der Waals surface area contributed by atoms with Gasteiger partial charge in [-0.05, 0) is 63.3 Å². The molecule has 3 aromatic rings. The number of benzene rings is 1. The van der Waals surface area contributed by atoms with Gasteiger partial charge in [0.25, 0.3) is 5.91 Å². The molecule has 35 heavy (non-hydrogen) atoms. The third-order valence-corrected chi connectivity index (χ3v) is 8.80. The van der Waals surface area contributed by atoms with Crippen molar-refractivity contribution < 1.29 is 17.9 Å². The molecule has 0 N–H and O–H groups in total. The van der Waals surface area contributed by atoms with Crippen molar-refractivity contribution in [3.63, 3.8) is 0 Å². The Bertz CT molecular complexity index is 1390. The van der Waals surface area contributed by atoms with Crippen LogP contribution in [-0.2, 0) is 10.0 Å². The minimum atomic E-state index is -3.77. The molecule has 1 aromatic carbocycles. The number of hydrogen-bond acceptors (Lipinski definition) is 6. The summed E-state index contributed by atoms with van der Waals surface area (Å²) in [5.74, 6) is 0.125. The maximum atomic E-state index is 13.6. The summed E-state index contributed by atoms with van der Waals surface area (Å²) in [4.78, 5) is 20.1. The number of hydrogen-bond donors (Lipinski definition) is 0. The highest BCUT2D eigenvalue weighted by Crippen LogP contribution is 2.36. The lowest BCUT2D eigenvalue weighted by Gasteiger charge is -2.26. The van der Waals surface area contributed by atoms with Crippen LogP contribution in [0.25, 0.3) is 16.8 Å². The third kappa shape index (κ3) is 4.18. The zero-order valence-corrected chi connectivity index (χ0v) is 21.3. The van der Waals surface area contributed by atoms with Gasteiger partial charge in [0, 0.05) is 37.6 Å². The van der Waals surface area contributed by atoms with Crippen LogP contribution < -0.4 is 4.74 Å². The minimum absolute atomic E-state index is 0.0997. The Morgan fingerprint density at radius 3 is 2.34 bits per heavy atom. The molecule has 2 aliphatic heterocycles. The van der Waals surface area contributed by atoms with Crippen LogP contribution in [0.4, 0.5) is 0 Å². The summed E-state index contributed by atoms with van der Waals surface area (Å²) < 4.78 is 35.9. The van der Waals surface area contributed by atoms with Crippen molar-refractivity contribution >= 4 is 21.6 Å². The number of aromatic nitrogens is 3. The lowest BCUT2D eigenvalue weighted by molar-refractivity contribution is 0.0787.